The Hall–Kier alpha value is -0.610. The van der Waals surface area contributed by atoms with Gasteiger partial charge in [-0.3, -0.25) is 4.79 Å². The molecule has 1 rings (SSSR count). The highest BCUT2D eigenvalue weighted by atomic mass is 16.5. The molecular formula is C13H24O4. The van der Waals surface area contributed by atoms with Gasteiger partial charge in [0.25, 0.3) is 0 Å². The molecule has 0 saturated carbocycles. The van der Waals surface area contributed by atoms with E-state index in [-0.39, 0.29) is 17.5 Å². The first-order valence-electron chi connectivity index (χ1n) is 6.36. The Morgan fingerprint density at radius 1 is 1.59 bits per heavy atom. The van der Waals surface area contributed by atoms with Crippen molar-refractivity contribution >= 4 is 5.97 Å². The molecule has 1 N–H and O–H groups in total. The van der Waals surface area contributed by atoms with Crippen molar-refractivity contribution in [1.82, 2.24) is 0 Å². The van der Waals surface area contributed by atoms with E-state index >= 15 is 0 Å². The summed E-state index contributed by atoms with van der Waals surface area (Å²) in [4.78, 5) is 11.6. The van der Waals surface area contributed by atoms with Crippen molar-refractivity contribution in [1.29, 1.82) is 0 Å². The maximum Gasteiger partial charge on any atom is 0.311 e. The minimum atomic E-state index is -0.641. The van der Waals surface area contributed by atoms with Crippen LogP contribution >= 0.6 is 0 Å². The molecule has 0 unspecified atom stereocenters. The van der Waals surface area contributed by atoms with Gasteiger partial charge in [0.2, 0.25) is 0 Å². The predicted molar refractivity (Wildman–Crippen MR) is 64.6 cm³/mol. The third-order valence-corrected chi connectivity index (χ3v) is 3.39. The Morgan fingerprint density at radius 3 is 2.76 bits per heavy atom. The van der Waals surface area contributed by atoms with E-state index in [9.17, 15) is 9.90 Å². The second-order valence-corrected chi connectivity index (χ2v) is 5.39. The zero-order chi connectivity index (χ0) is 13.1. The quantitative estimate of drug-likeness (QED) is 0.765. The fraction of sp³-hybridized carbons (Fsp3) is 0.923. The number of aliphatic hydroxyl groups excluding tert-OH is 1. The summed E-state index contributed by atoms with van der Waals surface area (Å²) < 4.78 is 10.5. The number of carbonyl (C=O) groups excluding carboxylic acids is 1. The van der Waals surface area contributed by atoms with Gasteiger partial charge >= 0.3 is 5.97 Å². The van der Waals surface area contributed by atoms with Crippen molar-refractivity contribution in [3.8, 4) is 0 Å². The van der Waals surface area contributed by atoms with Crippen molar-refractivity contribution in [3.05, 3.63) is 0 Å². The van der Waals surface area contributed by atoms with Crippen LogP contribution in [0.1, 0.15) is 40.5 Å². The lowest BCUT2D eigenvalue weighted by molar-refractivity contribution is -0.156. The van der Waals surface area contributed by atoms with Crippen LogP contribution in [0.3, 0.4) is 0 Å². The summed E-state index contributed by atoms with van der Waals surface area (Å²) in [6, 6.07) is 0. The Kier molecular flexibility index (Phi) is 4.95. The maximum absolute atomic E-state index is 11.6. The Labute approximate surface area is 103 Å². The molecule has 1 saturated heterocycles. The van der Waals surface area contributed by atoms with Crippen LogP contribution in [0.5, 0.6) is 0 Å². The summed E-state index contributed by atoms with van der Waals surface area (Å²) in [6.07, 6.45) is 0.934. The summed E-state index contributed by atoms with van der Waals surface area (Å²) >= 11 is 0. The van der Waals surface area contributed by atoms with Gasteiger partial charge in [0.1, 0.15) is 0 Å². The molecule has 0 bridgehead atoms. The number of hydrogen-bond acceptors (Lipinski definition) is 4. The van der Waals surface area contributed by atoms with Crippen LogP contribution in [0, 0.1) is 11.8 Å². The van der Waals surface area contributed by atoms with Gasteiger partial charge in [-0.15, -0.1) is 0 Å². The van der Waals surface area contributed by atoms with Gasteiger partial charge in [-0.25, -0.2) is 0 Å². The molecule has 0 amide bonds. The molecule has 1 fully saturated rings. The van der Waals surface area contributed by atoms with Gasteiger partial charge in [-0.05, 0) is 46.5 Å². The highest BCUT2D eigenvalue weighted by molar-refractivity contribution is 5.72. The zero-order valence-corrected chi connectivity index (χ0v) is 11.2. The van der Waals surface area contributed by atoms with Crippen LogP contribution in [0.2, 0.25) is 0 Å². The number of ether oxygens (including phenoxy) is 2. The smallest absolute Gasteiger partial charge is 0.311 e. The number of carbonyl (C=O) groups is 1. The average Bonchev–Trinajstić information content (AvgIpc) is 2.26. The first-order valence-corrected chi connectivity index (χ1v) is 6.36. The van der Waals surface area contributed by atoms with Crippen LogP contribution < -0.4 is 0 Å². The first-order chi connectivity index (χ1) is 7.87. The van der Waals surface area contributed by atoms with E-state index in [4.69, 9.17) is 9.47 Å². The standard InChI is InChI=1S/C13H24O4/c1-5-16-12(15)9(2)11(14)10-6-7-17-13(3,4)8-10/h9-11,14H,5-8H2,1-4H3/t9-,10+,11-/m0/s1. The van der Waals surface area contributed by atoms with Crippen LogP contribution in [-0.4, -0.2) is 36.0 Å². The molecule has 17 heavy (non-hydrogen) atoms. The van der Waals surface area contributed by atoms with Crippen molar-refractivity contribution in [2.45, 2.75) is 52.2 Å². The highest BCUT2D eigenvalue weighted by Crippen LogP contribution is 2.33. The maximum atomic E-state index is 11.6. The number of esters is 1. The van der Waals surface area contributed by atoms with Crippen LogP contribution in [0.25, 0.3) is 0 Å². The molecule has 0 aromatic carbocycles. The highest BCUT2D eigenvalue weighted by Gasteiger charge is 2.37. The largest absolute Gasteiger partial charge is 0.466 e. The topological polar surface area (TPSA) is 55.8 Å². The van der Waals surface area contributed by atoms with E-state index < -0.39 is 12.0 Å². The molecule has 1 heterocycles. The number of rotatable bonds is 4. The van der Waals surface area contributed by atoms with Crippen LogP contribution in [-0.2, 0) is 14.3 Å². The molecule has 1 aliphatic rings. The van der Waals surface area contributed by atoms with Crippen LogP contribution in [0.4, 0.5) is 0 Å². The predicted octanol–water partition coefficient (Wildman–Crippen LogP) is 1.75. The Morgan fingerprint density at radius 2 is 2.24 bits per heavy atom. The second kappa shape index (κ2) is 5.83. The minimum absolute atomic E-state index is 0.109. The average molecular weight is 244 g/mol. The van der Waals surface area contributed by atoms with E-state index in [2.05, 4.69) is 0 Å². The lowest BCUT2D eigenvalue weighted by atomic mass is 9.80. The van der Waals surface area contributed by atoms with E-state index in [1.54, 1.807) is 13.8 Å². The van der Waals surface area contributed by atoms with Crippen molar-refractivity contribution < 1.29 is 19.4 Å². The molecule has 3 atom stereocenters. The summed E-state index contributed by atoms with van der Waals surface area (Å²) in [6.45, 7) is 8.53. The molecule has 0 aromatic rings. The van der Waals surface area contributed by atoms with Gasteiger partial charge in [-0.1, -0.05) is 0 Å². The Bertz CT molecular complexity index is 262. The van der Waals surface area contributed by atoms with Crippen molar-refractivity contribution in [3.63, 3.8) is 0 Å². The molecule has 4 nitrogen and oxygen atoms in total. The van der Waals surface area contributed by atoms with E-state index in [0.29, 0.717) is 13.2 Å². The van der Waals surface area contributed by atoms with Gasteiger partial charge < -0.3 is 14.6 Å². The normalized spacial score (nSPS) is 27.2. The molecule has 0 aliphatic carbocycles. The monoisotopic (exact) mass is 244 g/mol. The Balaban J connectivity index is 2.56. The summed E-state index contributed by atoms with van der Waals surface area (Å²) in [7, 11) is 0. The molecule has 100 valence electrons. The van der Waals surface area contributed by atoms with Gasteiger partial charge in [0.05, 0.1) is 24.2 Å². The molecule has 1 aliphatic heterocycles. The fourth-order valence-corrected chi connectivity index (χ4v) is 2.39. The summed E-state index contributed by atoms with van der Waals surface area (Å²) in [5.74, 6) is -0.670. The minimum Gasteiger partial charge on any atom is -0.466 e. The molecule has 4 heteroatoms. The van der Waals surface area contributed by atoms with E-state index in [1.807, 2.05) is 13.8 Å². The lowest BCUT2D eigenvalue weighted by Gasteiger charge is -2.38. The molecule has 0 radical (unpaired) electrons. The van der Waals surface area contributed by atoms with Gasteiger partial charge in [0.15, 0.2) is 0 Å². The lowest BCUT2D eigenvalue weighted by Crippen LogP contribution is -2.42. The third-order valence-electron chi connectivity index (χ3n) is 3.39. The van der Waals surface area contributed by atoms with Crippen molar-refractivity contribution in [2.24, 2.45) is 11.8 Å². The zero-order valence-electron chi connectivity index (χ0n) is 11.2. The molecule has 0 spiro atoms. The van der Waals surface area contributed by atoms with Gasteiger partial charge in [0, 0.05) is 6.61 Å². The van der Waals surface area contributed by atoms with Gasteiger partial charge in [-0.2, -0.15) is 0 Å². The third kappa shape index (κ3) is 3.96. The number of hydrogen-bond donors (Lipinski definition) is 1. The SMILES string of the molecule is CCOC(=O)[C@@H](C)[C@H](O)[C@@H]1CCOC(C)(C)C1. The van der Waals surface area contributed by atoms with Crippen LogP contribution in [0.15, 0.2) is 0 Å². The second-order valence-electron chi connectivity index (χ2n) is 5.39. The van der Waals surface area contributed by atoms with Crippen molar-refractivity contribution in [2.75, 3.05) is 13.2 Å². The molecular weight excluding hydrogens is 220 g/mol. The molecule has 0 aromatic heterocycles. The van der Waals surface area contributed by atoms with E-state index in [0.717, 1.165) is 12.8 Å². The first kappa shape index (κ1) is 14.5. The summed E-state index contributed by atoms with van der Waals surface area (Å²) in [5.41, 5.74) is -0.210. The summed E-state index contributed by atoms with van der Waals surface area (Å²) in [5, 5.41) is 10.2. The number of aliphatic hydroxyl groups is 1. The fourth-order valence-electron chi connectivity index (χ4n) is 2.39. The van der Waals surface area contributed by atoms with E-state index in [1.165, 1.54) is 0 Å².